The molecule has 2 rings (SSSR count). The van der Waals surface area contributed by atoms with Gasteiger partial charge < -0.3 is 25.2 Å². The smallest absolute Gasteiger partial charge is 0.137 e. The van der Waals surface area contributed by atoms with Crippen molar-refractivity contribution in [1.29, 1.82) is 0 Å². The SMILES string of the molecule is OC[C@@H]1[C@@H](O)[C@H](O)[C@@H](O)CN1CCCCCCOc1cccnc1. The third-order valence-electron chi connectivity index (χ3n) is 4.46. The molecule has 136 valence electrons. The molecule has 24 heavy (non-hydrogen) atoms. The molecule has 1 aromatic heterocycles. The number of pyridine rings is 1. The van der Waals surface area contributed by atoms with Crippen LogP contribution in [0.2, 0.25) is 0 Å². The van der Waals surface area contributed by atoms with Gasteiger partial charge in [-0.2, -0.15) is 0 Å². The molecule has 0 unspecified atom stereocenters. The number of unbranched alkanes of at least 4 members (excludes halogenated alkanes) is 3. The second kappa shape index (κ2) is 9.90. The van der Waals surface area contributed by atoms with Gasteiger partial charge in [-0.3, -0.25) is 9.88 Å². The van der Waals surface area contributed by atoms with E-state index in [-0.39, 0.29) is 13.2 Å². The van der Waals surface area contributed by atoms with Crippen LogP contribution in [0.15, 0.2) is 24.5 Å². The number of ether oxygens (including phenoxy) is 1. The maximum absolute atomic E-state index is 9.93. The van der Waals surface area contributed by atoms with Crippen molar-refractivity contribution < 1.29 is 25.2 Å². The van der Waals surface area contributed by atoms with Gasteiger partial charge in [0.25, 0.3) is 0 Å². The summed E-state index contributed by atoms with van der Waals surface area (Å²) in [6, 6.07) is 3.20. The Kier molecular flexibility index (Phi) is 7.87. The van der Waals surface area contributed by atoms with Crippen LogP contribution >= 0.6 is 0 Å². The Labute approximate surface area is 142 Å². The second-order valence-corrected chi connectivity index (χ2v) is 6.24. The molecule has 2 heterocycles. The predicted molar refractivity (Wildman–Crippen MR) is 88.7 cm³/mol. The first kappa shape index (κ1) is 19.1. The third kappa shape index (κ3) is 5.39. The molecule has 4 N–H and O–H groups in total. The molecule has 0 amide bonds. The average Bonchev–Trinajstić information content (AvgIpc) is 2.60. The summed E-state index contributed by atoms with van der Waals surface area (Å²) < 4.78 is 5.58. The Balaban J connectivity index is 1.59. The van der Waals surface area contributed by atoms with Gasteiger partial charge in [0, 0.05) is 12.7 Å². The van der Waals surface area contributed by atoms with E-state index < -0.39 is 24.4 Å². The van der Waals surface area contributed by atoms with Crippen LogP contribution in [0.1, 0.15) is 25.7 Å². The molecule has 1 aliphatic heterocycles. The number of β-amino-alcohol motifs (C(OH)–C–C–N with tert-alkyl or cyclic N) is 1. The van der Waals surface area contributed by atoms with Crippen LogP contribution in [0, 0.1) is 0 Å². The molecule has 1 fully saturated rings. The molecule has 0 spiro atoms. The van der Waals surface area contributed by atoms with E-state index in [1.807, 2.05) is 17.0 Å². The fraction of sp³-hybridized carbons (Fsp3) is 0.706. The van der Waals surface area contributed by atoms with Crippen molar-refractivity contribution in [2.45, 2.75) is 50.0 Å². The van der Waals surface area contributed by atoms with Gasteiger partial charge in [0.05, 0.1) is 31.6 Å². The number of aromatic nitrogens is 1. The van der Waals surface area contributed by atoms with E-state index in [9.17, 15) is 20.4 Å². The first-order valence-corrected chi connectivity index (χ1v) is 8.55. The van der Waals surface area contributed by atoms with Crippen LogP contribution in [0.5, 0.6) is 5.75 Å². The van der Waals surface area contributed by atoms with Crippen molar-refractivity contribution in [3.05, 3.63) is 24.5 Å². The number of aliphatic hydroxyl groups is 4. The Morgan fingerprint density at radius 3 is 2.62 bits per heavy atom. The lowest BCUT2D eigenvalue weighted by Crippen LogP contribution is -2.62. The van der Waals surface area contributed by atoms with Crippen molar-refractivity contribution >= 4 is 0 Å². The zero-order valence-corrected chi connectivity index (χ0v) is 13.9. The molecule has 0 radical (unpaired) electrons. The van der Waals surface area contributed by atoms with Crippen LogP contribution in [-0.4, -0.2) is 81.0 Å². The third-order valence-corrected chi connectivity index (χ3v) is 4.46. The van der Waals surface area contributed by atoms with Crippen LogP contribution < -0.4 is 4.74 Å². The molecule has 1 aliphatic rings. The fourth-order valence-corrected chi connectivity index (χ4v) is 3.03. The first-order valence-electron chi connectivity index (χ1n) is 8.55. The lowest BCUT2D eigenvalue weighted by atomic mass is 9.94. The van der Waals surface area contributed by atoms with E-state index >= 15 is 0 Å². The summed E-state index contributed by atoms with van der Waals surface area (Å²) in [5.74, 6) is 0.776. The summed E-state index contributed by atoms with van der Waals surface area (Å²) in [7, 11) is 0. The highest BCUT2D eigenvalue weighted by atomic mass is 16.5. The van der Waals surface area contributed by atoms with Crippen LogP contribution in [0.3, 0.4) is 0 Å². The number of likely N-dealkylation sites (tertiary alicyclic amines) is 1. The number of hydrogen-bond donors (Lipinski definition) is 4. The molecular weight excluding hydrogens is 312 g/mol. The highest BCUT2D eigenvalue weighted by Gasteiger charge is 2.40. The van der Waals surface area contributed by atoms with Gasteiger partial charge in [-0.1, -0.05) is 12.8 Å². The van der Waals surface area contributed by atoms with Gasteiger partial charge in [0.15, 0.2) is 0 Å². The maximum Gasteiger partial charge on any atom is 0.137 e. The first-order chi connectivity index (χ1) is 11.6. The van der Waals surface area contributed by atoms with Gasteiger partial charge in [-0.15, -0.1) is 0 Å². The molecule has 4 atom stereocenters. The molecule has 0 aliphatic carbocycles. The van der Waals surface area contributed by atoms with E-state index in [4.69, 9.17) is 4.74 Å². The molecule has 0 bridgehead atoms. The molecule has 0 saturated carbocycles. The van der Waals surface area contributed by atoms with Crippen molar-refractivity contribution in [3.63, 3.8) is 0 Å². The lowest BCUT2D eigenvalue weighted by Gasteiger charge is -2.43. The standard InChI is InChI=1S/C17H28N2O5/c20-12-14-16(22)17(23)15(21)11-19(14)8-3-1-2-4-9-24-13-6-5-7-18-10-13/h5-7,10,14-17,20-23H,1-4,8-9,11-12H2/t14-,15+,16-,17-/m1/s1. The van der Waals surface area contributed by atoms with E-state index in [0.717, 1.165) is 31.4 Å². The maximum atomic E-state index is 9.93. The summed E-state index contributed by atoms with van der Waals surface area (Å²) in [6.45, 7) is 1.37. The summed E-state index contributed by atoms with van der Waals surface area (Å²) >= 11 is 0. The largest absolute Gasteiger partial charge is 0.492 e. The van der Waals surface area contributed by atoms with Crippen molar-refractivity contribution in [3.8, 4) is 5.75 Å². The van der Waals surface area contributed by atoms with Crippen LogP contribution in [0.25, 0.3) is 0 Å². The predicted octanol–water partition coefficient (Wildman–Crippen LogP) is -0.220. The Morgan fingerprint density at radius 1 is 1.12 bits per heavy atom. The number of rotatable bonds is 9. The van der Waals surface area contributed by atoms with Gasteiger partial charge in [0.2, 0.25) is 0 Å². The Hall–Kier alpha value is -1.25. The molecule has 7 heteroatoms. The monoisotopic (exact) mass is 340 g/mol. The lowest BCUT2D eigenvalue weighted by molar-refractivity contribution is -0.145. The average molecular weight is 340 g/mol. The van der Waals surface area contributed by atoms with Crippen LogP contribution in [-0.2, 0) is 0 Å². The van der Waals surface area contributed by atoms with E-state index in [1.165, 1.54) is 0 Å². The molecule has 1 saturated heterocycles. The normalized spacial score (nSPS) is 28.0. The minimum Gasteiger partial charge on any atom is -0.492 e. The Bertz CT molecular complexity index is 462. The summed E-state index contributed by atoms with van der Waals surface area (Å²) in [5, 5.41) is 38.8. The fourth-order valence-electron chi connectivity index (χ4n) is 3.03. The van der Waals surface area contributed by atoms with Crippen molar-refractivity contribution in [1.82, 2.24) is 9.88 Å². The highest BCUT2D eigenvalue weighted by molar-refractivity contribution is 5.15. The van der Waals surface area contributed by atoms with Gasteiger partial charge in [-0.25, -0.2) is 0 Å². The second-order valence-electron chi connectivity index (χ2n) is 6.24. The highest BCUT2D eigenvalue weighted by Crippen LogP contribution is 2.19. The van der Waals surface area contributed by atoms with Crippen molar-refractivity contribution in [2.75, 3.05) is 26.3 Å². The Morgan fingerprint density at radius 2 is 1.92 bits per heavy atom. The quantitative estimate of drug-likeness (QED) is 0.461. The van der Waals surface area contributed by atoms with E-state index in [1.54, 1.807) is 12.4 Å². The molecule has 1 aromatic rings. The summed E-state index contributed by atoms with van der Waals surface area (Å²) in [6.07, 6.45) is 3.98. The molecule has 0 aromatic carbocycles. The summed E-state index contributed by atoms with van der Waals surface area (Å²) in [4.78, 5) is 5.84. The van der Waals surface area contributed by atoms with Crippen molar-refractivity contribution in [2.24, 2.45) is 0 Å². The van der Waals surface area contributed by atoms with E-state index in [0.29, 0.717) is 13.2 Å². The zero-order chi connectivity index (χ0) is 17.4. The topological polar surface area (TPSA) is 106 Å². The number of piperidine rings is 1. The van der Waals surface area contributed by atoms with Crippen LogP contribution in [0.4, 0.5) is 0 Å². The van der Waals surface area contributed by atoms with Gasteiger partial charge in [0.1, 0.15) is 18.0 Å². The summed E-state index contributed by atoms with van der Waals surface area (Å²) in [5.41, 5.74) is 0. The molecule has 7 nitrogen and oxygen atoms in total. The minimum atomic E-state index is -1.19. The zero-order valence-electron chi connectivity index (χ0n) is 13.9. The minimum absolute atomic E-state index is 0.232. The number of aliphatic hydroxyl groups excluding tert-OH is 4. The number of nitrogens with zero attached hydrogens (tertiary/aromatic N) is 2. The molecular formula is C17H28N2O5. The van der Waals surface area contributed by atoms with Gasteiger partial charge >= 0.3 is 0 Å². The number of hydrogen-bond acceptors (Lipinski definition) is 7. The van der Waals surface area contributed by atoms with Gasteiger partial charge in [-0.05, 0) is 31.5 Å². The van der Waals surface area contributed by atoms with E-state index in [2.05, 4.69) is 4.98 Å².